The third kappa shape index (κ3) is 39.0. The third-order valence-corrected chi connectivity index (χ3v) is 3.62. The van der Waals surface area contributed by atoms with Crippen molar-refractivity contribution >= 4 is 20.4 Å². The zero-order chi connectivity index (χ0) is 19.2. The average Bonchev–Trinajstić information content (AvgIpc) is 2.35. The van der Waals surface area contributed by atoms with Gasteiger partial charge in [-0.3, -0.25) is 0 Å². The van der Waals surface area contributed by atoms with Gasteiger partial charge in [-0.1, -0.05) is 67.2 Å². The van der Waals surface area contributed by atoms with Gasteiger partial charge in [-0.05, 0) is 49.4 Å². The molecule has 159 valence electrons. The van der Waals surface area contributed by atoms with E-state index in [2.05, 4.69) is 41.5 Å². The van der Waals surface area contributed by atoms with E-state index in [1.165, 1.54) is 12.8 Å². The van der Waals surface area contributed by atoms with Crippen molar-refractivity contribution in [1.29, 1.82) is 0 Å². The molecule has 0 saturated heterocycles. The summed E-state index contributed by atoms with van der Waals surface area (Å²) in [4.78, 5) is 20.1. The molecule has 26 heavy (non-hydrogen) atoms. The molecule has 6 heteroatoms. The van der Waals surface area contributed by atoms with Gasteiger partial charge in [-0.15, -0.1) is 0 Å². The number of unbranched alkanes of at least 4 members (excludes halogenated alkanes) is 4. The van der Waals surface area contributed by atoms with Crippen LogP contribution in [0.25, 0.3) is 0 Å². The summed E-state index contributed by atoms with van der Waals surface area (Å²) in [6.07, 6.45) is 8.54. The number of carbonyl (C=O) groups excluding carboxylic acids is 2. The van der Waals surface area contributed by atoms with E-state index < -0.39 is 11.9 Å². The van der Waals surface area contributed by atoms with Crippen molar-refractivity contribution in [2.75, 3.05) is 0 Å². The van der Waals surface area contributed by atoms with Crippen molar-refractivity contribution in [2.45, 2.75) is 106 Å². The average molecular weight is 464 g/mol. The maximum Gasteiger partial charge on any atom is 2.00 e. The summed E-state index contributed by atoms with van der Waals surface area (Å²) in [7, 11) is 0. The van der Waals surface area contributed by atoms with Gasteiger partial charge in [0, 0.05) is 11.9 Å². The summed E-state index contributed by atoms with van der Waals surface area (Å²) in [5, 5.41) is 20.1. The van der Waals surface area contributed by atoms with Crippen molar-refractivity contribution in [3.05, 3.63) is 0 Å². The number of hydrogen-bond acceptors (Lipinski definition) is 4. The van der Waals surface area contributed by atoms with E-state index in [1.54, 1.807) is 0 Å². The third-order valence-electron chi connectivity index (χ3n) is 3.62. The van der Waals surface area contributed by atoms with Crippen LogP contribution in [0, 0.1) is 10.8 Å². The summed E-state index contributed by atoms with van der Waals surface area (Å²) < 4.78 is 0. The molecule has 0 aromatic rings. The molecule has 0 aliphatic rings. The quantitative estimate of drug-likeness (QED) is 0.367. The van der Waals surface area contributed by atoms with Crippen molar-refractivity contribution < 1.29 is 42.2 Å². The first-order chi connectivity index (χ1) is 10.8. The Morgan fingerprint density at radius 3 is 1.08 bits per heavy atom. The molecule has 0 fully saturated rings. The molecule has 4 nitrogen and oxygen atoms in total. The van der Waals surface area contributed by atoms with Crippen LogP contribution in [0.1, 0.15) is 106 Å². The predicted molar refractivity (Wildman–Crippen MR) is 105 cm³/mol. The Labute approximate surface area is 179 Å². The van der Waals surface area contributed by atoms with Crippen LogP contribution < -0.4 is 10.2 Å². The van der Waals surface area contributed by atoms with Gasteiger partial charge in [-0.25, -0.2) is 0 Å². The van der Waals surface area contributed by atoms with Crippen LogP contribution in [-0.4, -0.2) is 20.4 Å². The van der Waals surface area contributed by atoms with Crippen LogP contribution in [0.2, 0.25) is 0 Å². The fourth-order valence-electron chi connectivity index (χ4n) is 2.20. The first kappa shape index (κ1) is 33.3. The first-order valence-electron chi connectivity index (χ1n) is 9.23. The van der Waals surface area contributed by atoms with Gasteiger partial charge in [0.2, 0.25) is 0 Å². The molecule has 0 aromatic heterocycles. The molecule has 0 heterocycles. The molecule has 0 unspecified atom stereocenters. The molecule has 0 amide bonds. The van der Waals surface area contributed by atoms with Crippen LogP contribution in [0.3, 0.4) is 0 Å². The van der Waals surface area contributed by atoms with Gasteiger partial charge in [0.1, 0.15) is 0 Å². The molecule has 0 bridgehead atoms. The monoisotopic (exact) mass is 463 g/mol. The second-order valence-electron chi connectivity index (χ2n) is 8.99. The Hall–Kier alpha value is -0.255. The number of carboxylic acids is 2. The van der Waals surface area contributed by atoms with Crippen molar-refractivity contribution in [1.82, 2.24) is 0 Å². The summed E-state index contributed by atoms with van der Waals surface area (Å²) in [6.45, 7) is 13.2. The van der Waals surface area contributed by atoms with Crippen LogP contribution in [0.15, 0.2) is 0 Å². The topological polar surface area (TPSA) is 80.3 Å². The summed E-state index contributed by atoms with van der Waals surface area (Å²) in [5.74, 6) is -1.85. The number of carbonyl (C=O) groups is 2. The normalized spacial score (nSPS) is 10.7. The predicted octanol–water partition coefficient (Wildman–Crippen LogP) is 2.28. The molecular weight excluding hydrogens is 423 g/mol. The number of rotatable bonds is 10. The van der Waals surface area contributed by atoms with E-state index in [0.29, 0.717) is 10.8 Å². The Bertz CT molecular complexity index is 313. The zero-order valence-electron chi connectivity index (χ0n) is 17.0. The smallest absolute Gasteiger partial charge is 0.550 e. The van der Waals surface area contributed by atoms with Crippen LogP contribution in [-0.2, 0) is 32.0 Å². The van der Waals surface area contributed by atoms with Gasteiger partial charge in [0.15, 0.2) is 0 Å². The minimum Gasteiger partial charge on any atom is -0.550 e. The minimum absolute atomic E-state index is 0. The van der Waals surface area contributed by atoms with Crippen LogP contribution >= 0.6 is 0 Å². The molecule has 0 atom stereocenters. The van der Waals surface area contributed by atoms with Crippen molar-refractivity contribution in [3.8, 4) is 0 Å². The number of carboxylic acid groups (broad SMARTS) is 2. The second kappa shape index (κ2) is 18.1. The Morgan fingerprint density at radius 2 is 0.885 bits per heavy atom. The van der Waals surface area contributed by atoms with E-state index in [1.807, 2.05) is 0 Å². The largest absolute Gasteiger partial charge is 2.00 e. The van der Waals surface area contributed by atoms with Gasteiger partial charge in [-0.2, -0.15) is 0 Å². The molecule has 0 aliphatic carbocycles. The van der Waals surface area contributed by atoms with Crippen molar-refractivity contribution in [3.63, 3.8) is 0 Å². The molecule has 0 saturated carbocycles. The first-order valence-corrected chi connectivity index (χ1v) is 9.23. The molecule has 1 radical (unpaired) electrons. The maximum atomic E-state index is 10.0. The van der Waals surface area contributed by atoms with Crippen LogP contribution in [0.4, 0.5) is 0 Å². The second-order valence-corrected chi connectivity index (χ2v) is 8.99. The molecule has 0 aromatic carbocycles. The van der Waals surface area contributed by atoms with E-state index in [0.717, 1.165) is 38.5 Å². The SMILES string of the molecule is B.CC(C)(C)CCCCCC(=O)[O-].CC(C)(C)CCCCCC(=O)[O-].[Ag+2]. The zero-order valence-corrected chi connectivity index (χ0v) is 18.5. The minimum atomic E-state index is -0.925. The van der Waals surface area contributed by atoms with E-state index in [9.17, 15) is 19.8 Å². The molecule has 0 rings (SSSR count). The summed E-state index contributed by atoms with van der Waals surface area (Å²) in [6, 6.07) is 0. The van der Waals surface area contributed by atoms with E-state index >= 15 is 0 Å². The fraction of sp³-hybridized carbons (Fsp3) is 0.900. The van der Waals surface area contributed by atoms with Gasteiger partial charge < -0.3 is 19.8 Å². The van der Waals surface area contributed by atoms with E-state index in [-0.39, 0.29) is 43.6 Å². The van der Waals surface area contributed by atoms with Crippen LogP contribution in [0.5, 0.6) is 0 Å². The molecule has 0 aliphatic heterocycles. The Balaban J connectivity index is -0.000000173. The van der Waals surface area contributed by atoms with Gasteiger partial charge in [0.25, 0.3) is 0 Å². The number of hydrogen-bond donors (Lipinski definition) is 0. The Morgan fingerprint density at radius 1 is 0.615 bits per heavy atom. The van der Waals surface area contributed by atoms with Crippen molar-refractivity contribution in [2.24, 2.45) is 10.8 Å². The molecule has 0 N–H and O–H groups in total. The maximum absolute atomic E-state index is 10.0. The number of aliphatic carboxylic acids is 2. The van der Waals surface area contributed by atoms with Gasteiger partial charge in [0.05, 0.1) is 8.41 Å². The standard InChI is InChI=1S/2C10H20O2.Ag.BH3/c2*1-10(2,3)8-6-4-5-7-9(11)12;;/h2*4-8H2,1-3H3,(H,11,12);;1H3/q;;+2;/p-2. The van der Waals surface area contributed by atoms with E-state index in [4.69, 9.17) is 0 Å². The summed E-state index contributed by atoms with van der Waals surface area (Å²) in [5.41, 5.74) is 0.753. The fourth-order valence-corrected chi connectivity index (χ4v) is 2.20. The van der Waals surface area contributed by atoms with Gasteiger partial charge >= 0.3 is 22.4 Å². The summed E-state index contributed by atoms with van der Waals surface area (Å²) >= 11 is 0. The Kier molecular flexibility index (Phi) is 23.2. The molecular formula is C20H41AgBO4. The molecule has 0 spiro atoms.